The molecule has 0 saturated heterocycles. The maximum atomic E-state index is 11.0. The molecule has 2 heterocycles. The van der Waals surface area contributed by atoms with Crippen LogP contribution in [0.25, 0.3) is 10.2 Å². The highest BCUT2D eigenvalue weighted by Crippen LogP contribution is 2.27. The maximum Gasteiger partial charge on any atom is 0.356 e. The number of nitrogens with zero attached hydrogens (tertiary/aromatic N) is 3. The molecule has 0 atom stereocenters. The molecule has 0 radical (unpaired) electrons. The number of hydrogen-bond acceptors (Lipinski definition) is 4. The number of benzene rings is 1. The van der Waals surface area contributed by atoms with Crippen LogP contribution >= 0.6 is 11.3 Å². The van der Waals surface area contributed by atoms with Gasteiger partial charge in [-0.1, -0.05) is 6.07 Å². The highest BCUT2D eigenvalue weighted by atomic mass is 32.1. The first kappa shape index (κ1) is 13.8. The summed E-state index contributed by atoms with van der Waals surface area (Å²) in [5.41, 5.74) is 4.12. The third-order valence-corrected chi connectivity index (χ3v) is 4.26. The SMILES string of the molecule is Cc1cc(Cn2nc(C(=O)O)cc2C)c2nc(C)sc2c1. The van der Waals surface area contributed by atoms with E-state index in [4.69, 9.17) is 5.11 Å². The van der Waals surface area contributed by atoms with Crippen molar-refractivity contribution >= 4 is 27.5 Å². The lowest BCUT2D eigenvalue weighted by Crippen LogP contribution is -2.06. The lowest BCUT2D eigenvalue weighted by atomic mass is 10.1. The summed E-state index contributed by atoms with van der Waals surface area (Å²) in [6.07, 6.45) is 0. The number of carboxylic acid groups (broad SMARTS) is 1. The monoisotopic (exact) mass is 301 g/mol. The number of carboxylic acids is 1. The van der Waals surface area contributed by atoms with Gasteiger partial charge in [0.15, 0.2) is 5.69 Å². The zero-order valence-electron chi connectivity index (χ0n) is 12.0. The van der Waals surface area contributed by atoms with E-state index in [0.717, 1.165) is 26.5 Å². The number of aromatic carboxylic acids is 1. The quantitative estimate of drug-likeness (QED) is 0.807. The topological polar surface area (TPSA) is 68.0 Å². The average Bonchev–Trinajstić information content (AvgIpc) is 2.93. The number of thiazole rings is 1. The van der Waals surface area contributed by atoms with Gasteiger partial charge in [-0.15, -0.1) is 11.3 Å². The largest absolute Gasteiger partial charge is 0.476 e. The summed E-state index contributed by atoms with van der Waals surface area (Å²) in [5, 5.41) is 14.2. The summed E-state index contributed by atoms with van der Waals surface area (Å²) in [7, 11) is 0. The van der Waals surface area contributed by atoms with Gasteiger partial charge in [0.1, 0.15) is 0 Å². The number of aryl methyl sites for hydroxylation is 3. The molecule has 3 aromatic rings. The molecule has 0 bridgehead atoms. The summed E-state index contributed by atoms with van der Waals surface area (Å²) >= 11 is 1.67. The minimum absolute atomic E-state index is 0.0749. The van der Waals surface area contributed by atoms with Crippen molar-refractivity contribution in [3.05, 3.63) is 45.7 Å². The van der Waals surface area contributed by atoms with Gasteiger partial charge in [0.2, 0.25) is 0 Å². The Morgan fingerprint density at radius 2 is 2.05 bits per heavy atom. The standard InChI is InChI=1S/C15H15N3O2S/c1-8-4-11(14-13(5-8)21-10(3)16-14)7-18-9(2)6-12(17-18)15(19)20/h4-6H,7H2,1-3H3,(H,19,20). The van der Waals surface area contributed by atoms with Gasteiger partial charge in [-0.05, 0) is 38.5 Å². The van der Waals surface area contributed by atoms with Crippen LogP contribution in [0.5, 0.6) is 0 Å². The fourth-order valence-electron chi connectivity index (χ4n) is 2.42. The highest BCUT2D eigenvalue weighted by Gasteiger charge is 2.13. The molecule has 0 aliphatic heterocycles. The molecule has 1 N–H and O–H groups in total. The molecule has 0 spiro atoms. The number of rotatable bonds is 3. The van der Waals surface area contributed by atoms with Crippen molar-refractivity contribution in [1.29, 1.82) is 0 Å². The van der Waals surface area contributed by atoms with Crippen LogP contribution in [0.2, 0.25) is 0 Å². The Hall–Kier alpha value is -2.21. The summed E-state index contributed by atoms with van der Waals surface area (Å²) in [6, 6.07) is 5.80. The van der Waals surface area contributed by atoms with E-state index in [-0.39, 0.29) is 5.69 Å². The van der Waals surface area contributed by atoms with Gasteiger partial charge in [-0.2, -0.15) is 5.10 Å². The van der Waals surface area contributed by atoms with Crippen LogP contribution in [0.3, 0.4) is 0 Å². The molecule has 0 aliphatic rings. The van der Waals surface area contributed by atoms with E-state index in [2.05, 4.69) is 29.1 Å². The molecule has 3 rings (SSSR count). The minimum atomic E-state index is -1.00. The zero-order chi connectivity index (χ0) is 15.1. The van der Waals surface area contributed by atoms with E-state index in [9.17, 15) is 4.79 Å². The molecule has 1 aromatic carbocycles. The van der Waals surface area contributed by atoms with Crippen LogP contribution < -0.4 is 0 Å². The molecule has 5 nitrogen and oxygen atoms in total. The van der Waals surface area contributed by atoms with E-state index < -0.39 is 5.97 Å². The van der Waals surface area contributed by atoms with Crippen LogP contribution in [0, 0.1) is 20.8 Å². The summed E-state index contributed by atoms with van der Waals surface area (Å²) in [6.45, 7) is 6.43. The Kier molecular flexibility index (Phi) is 3.25. The average molecular weight is 301 g/mol. The van der Waals surface area contributed by atoms with Gasteiger partial charge < -0.3 is 5.11 Å². The van der Waals surface area contributed by atoms with Gasteiger partial charge in [0, 0.05) is 11.3 Å². The molecular weight excluding hydrogens is 286 g/mol. The Morgan fingerprint density at radius 1 is 1.29 bits per heavy atom. The number of fused-ring (bicyclic) bond motifs is 1. The fraction of sp³-hybridized carbons (Fsp3) is 0.267. The van der Waals surface area contributed by atoms with Crippen LogP contribution in [0.4, 0.5) is 0 Å². The first-order valence-electron chi connectivity index (χ1n) is 6.58. The lowest BCUT2D eigenvalue weighted by Gasteiger charge is -2.06. The van der Waals surface area contributed by atoms with Crippen molar-refractivity contribution in [2.75, 3.05) is 0 Å². The van der Waals surface area contributed by atoms with Gasteiger partial charge in [-0.3, -0.25) is 4.68 Å². The number of hydrogen-bond donors (Lipinski definition) is 1. The first-order valence-corrected chi connectivity index (χ1v) is 7.40. The second-order valence-corrected chi connectivity index (χ2v) is 6.37. The van der Waals surface area contributed by atoms with Crippen molar-refractivity contribution in [3.8, 4) is 0 Å². The predicted octanol–water partition coefficient (Wildman–Crippen LogP) is 3.16. The van der Waals surface area contributed by atoms with Crippen LogP contribution in [-0.2, 0) is 6.54 Å². The van der Waals surface area contributed by atoms with Crippen LogP contribution in [0.15, 0.2) is 18.2 Å². The summed E-state index contributed by atoms with van der Waals surface area (Å²) < 4.78 is 2.87. The smallest absolute Gasteiger partial charge is 0.356 e. The molecule has 0 aliphatic carbocycles. The van der Waals surface area contributed by atoms with Crippen LogP contribution in [0.1, 0.15) is 32.3 Å². The Labute approximate surface area is 125 Å². The predicted molar refractivity (Wildman–Crippen MR) is 82.1 cm³/mol. The van der Waals surface area contributed by atoms with Gasteiger partial charge in [0.25, 0.3) is 0 Å². The van der Waals surface area contributed by atoms with E-state index in [1.165, 1.54) is 5.56 Å². The van der Waals surface area contributed by atoms with Crippen molar-refractivity contribution in [2.24, 2.45) is 0 Å². The number of carbonyl (C=O) groups is 1. The van der Waals surface area contributed by atoms with Gasteiger partial charge in [0.05, 0.1) is 21.8 Å². The molecule has 0 amide bonds. The van der Waals surface area contributed by atoms with Gasteiger partial charge in [-0.25, -0.2) is 9.78 Å². The lowest BCUT2D eigenvalue weighted by molar-refractivity contribution is 0.0689. The van der Waals surface area contributed by atoms with E-state index in [0.29, 0.717) is 6.54 Å². The highest BCUT2D eigenvalue weighted by molar-refractivity contribution is 7.18. The normalized spacial score (nSPS) is 11.2. The Balaban J connectivity index is 2.07. The van der Waals surface area contributed by atoms with Crippen LogP contribution in [-0.4, -0.2) is 25.8 Å². The Morgan fingerprint density at radius 3 is 2.71 bits per heavy atom. The second-order valence-electron chi connectivity index (χ2n) is 5.14. The molecule has 2 aromatic heterocycles. The van der Waals surface area contributed by atoms with Crippen molar-refractivity contribution in [2.45, 2.75) is 27.3 Å². The first-order chi connectivity index (χ1) is 9.94. The summed E-state index contributed by atoms with van der Waals surface area (Å²) in [5.74, 6) is -1.00. The number of aromatic nitrogens is 3. The van der Waals surface area contributed by atoms with E-state index in [1.54, 1.807) is 22.1 Å². The summed E-state index contributed by atoms with van der Waals surface area (Å²) in [4.78, 5) is 15.6. The Bertz CT molecular complexity index is 848. The molecule has 21 heavy (non-hydrogen) atoms. The van der Waals surface area contributed by atoms with E-state index >= 15 is 0 Å². The third kappa shape index (κ3) is 2.54. The van der Waals surface area contributed by atoms with Crippen molar-refractivity contribution < 1.29 is 9.90 Å². The molecule has 0 unspecified atom stereocenters. The minimum Gasteiger partial charge on any atom is -0.476 e. The second kappa shape index (κ2) is 4.96. The van der Waals surface area contributed by atoms with Crippen molar-refractivity contribution in [1.82, 2.24) is 14.8 Å². The zero-order valence-corrected chi connectivity index (χ0v) is 12.9. The molecular formula is C15H15N3O2S. The van der Waals surface area contributed by atoms with Gasteiger partial charge >= 0.3 is 5.97 Å². The molecule has 0 fully saturated rings. The fourth-order valence-corrected chi connectivity index (χ4v) is 3.39. The molecule has 6 heteroatoms. The van der Waals surface area contributed by atoms with E-state index in [1.807, 2.05) is 13.8 Å². The maximum absolute atomic E-state index is 11.0. The van der Waals surface area contributed by atoms with Crippen molar-refractivity contribution in [3.63, 3.8) is 0 Å². The molecule has 0 saturated carbocycles. The third-order valence-electron chi connectivity index (χ3n) is 3.35. The molecule has 108 valence electrons.